The van der Waals surface area contributed by atoms with E-state index in [1.165, 1.54) is 0 Å². The number of hydrogen-bond acceptors (Lipinski definition) is 2. The third-order valence-electron chi connectivity index (χ3n) is 3.18. The van der Waals surface area contributed by atoms with Gasteiger partial charge >= 0.3 is 5.97 Å². The molecule has 1 aromatic carbocycles. The van der Waals surface area contributed by atoms with Crippen LogP contribution in [0.5, 0.6) is 0 Å². The normalized spacial score (nSPS) is 12.0. The first-order valence-corrected chi connectivity index (χ1v) is 7.05. The van der Waals surface area contributed by atoms with Crippen molar-refractivity contribution in [1.82, 2.24) is 5.32 Å². The lowest BCUT2D eigenvalue weighted by atomic mass is 10.1. The van der Waals surface area contributed by atoms with Gasteiger partial charge in [0.15, 0.2) is 0 Å². The van der Waals surface area contributed by atoms with E-state index in [0.29, 0.717) is 18.6 Å². The quantitative estimate of drug-likeness (QED) is 0.723. The van der Waals surface area contributed by atoms with E-state index in [0.717, 1.165) is 19.3 Å². The SMILES string of the molecule is CCCCCC[C@H](NC(=O)c1c(F)cc(F)cc1F)C(=O)O. The number of amides is 1. The number of benzene rings is 1. The number of hydrogen-bond donors (Lipinski definition) is 2. The van der Waals surface area contributed by atoms with Crippen LogP contribution >= 0.6 is 0 Å². The van der Waals surface area contributed by atoms with E-state index in [9.17, 15) is 22.8 Å². The van der Waals surface area contributed by atoms with Gasteiger partial charge in [0.05, 0.1) is 0 Å². The number of nitrogens with one attached hydrogen (secondary N) is 1. The average Bonchev–Trinajstić information content (AvgIpc) is 2.40. The zero-order chi connectivity index (χ0) is 16.7. The summed E-state index contributed by atoms with van der Waals surface area (Å²) in [5, 5.41) is 11.1. The van der Waals surface area contributed by atoms with E-state index in [1.54, 1.807) is 0 Å². The van der Waals surface area contributed by atoms with Gasteiger partial charge in [0.2, 0.25) is 0 Å². The molecule has 0 saturated carbocycles. The van der Waals surface area contributed by atoms with Crippen LogP contribution in [0, 0.1) is 17.5 Å². The number of carbonyl (C=O) groups excluding carboxylic acids is 1. The molecule has 0 fully saturated rings. The molecule has 0 heterocycles. The summed E-state index contributed by atoms with van der Waals surface area (Å²) in [6.07, 6.45) is 3.43. The molecule has 0 aliphatic heterocycles. The van der Waals surface area contributed by atoms with Crippen molar-refractivity contribution in [2.75, 3.05) is 0 Å². The molecule has 0 aliphatic rings. The van der Waals surface area contributed by atoms with Gasteiger partial charge in [0.1, 0.15) is 29.1 Å². The van der Waals surface area contributed by atoms with Crippen LogP contribution in [-0.4, -0.2) is 23.0 Å². The fourth-order valence-corrected chi connectivity index (χ4v) is 2.02. The highest BCUT2D eigenvalue weighted by atomic mass is 19.1. The van der Waals surface area contributed by atoms with Crippen LogP contribution in [-0.2, 0) is 4.79 Å². The molecule has 1 rings (SSSR count). The van der Waals surface area contributed by atoms with E-state index in [2.05, 4.69) is 5.32 Å². The molecule has 0 spiro atoms. The molecule has 2 N–H and O–H groups in total. The lowest BCUT2D eigenvalue weighted by molar-refractivity contribution is -0.139. The van der Waals surface area contributed by atoms with Gasteiger partial charge in [-0.25, -0.2) is 18.0 Å². The van der Waals surface area contributed by atoms with Crippen molar-refractivity contribution in [2.45, 2.75) is 45.1 Å². The number of rotatable bonds is 8. The van der Waals surface area contributed by atoms with Crippen LogP contribution < -0.4 is 5.32 Å². The van der Waals surface area contributed by atoms with Crippen LogP contribution in [0.25, 0.3) is 0 Å². The van der Waals surface area contributed by atoms with Crippen molar-refractivity contribution >= 4 is 11.9 Å². The standard InChI is InChI=1S/C15H18F3NO3/c1-2-3-4-5-6-12(15(21)22)19-14(20)13-10(17)7-9(16)8-11(13)18/h7-8,12H,2-6H2,1H3,(H,19,20)(H,21,22)/t12-/m0/s1. The van der Waals surface area contributed by atoms with Gasteiger partial charge in [0, 0.05) is 12.1 Å². The van der Waals surface area contributed by atoms with Gasteiger partial charge in [0.25, 0.3) is 5.91 Å². The molecule has 0 aliphatic carbocycles. The molecular formula is C15H18F3NO3. The molecule has 0 radical (unpaired) electrons. The zero-order valence-electron chi connectivity index (χ0n) is 12.2. The lowest BCUT2D eigenvalue weighted by Crippen LogP contribution is -2.41. The van der Waals surface area contributed by atoms with Gasteiger partial charge in [-0.2, -0.15) is 0 Å². The Bertz CT molecular complexity index is 526. The van der Waals surface area contributed by atoms with Gasteiger partial charge in [-0.05, 0) is 6.42 Å². The highest BCUT2D eigenvalue weighted by molar-refractivity contribution is 5.97. The summed E-state index contributed by atoms with van der Waals surface area (Å²) in [6.45, 7) is 2.00. The maximum Gasteiger partial charge on any atom is 0.326 e. The number of aliphatic carboxylic acids is 1. The smallest absolute Gasteiger partial charge is 0.326 e. The molecule has 0 aromatic heterocycles. The van der Waals surface area contributed by atoms with Crippen LogP contribution in [0.4, 0.5) is 13.2 Å². The summed E-state index contributed by atoms with van der Waals surface area (Å²) in [5.41, 5.74) is -0.985. The molecule has 4 nitrogen and oxygen atoms in total. The number of carbonyl (C=O) groups is 2. The van der Waals surface area contributed by atoms with Crippen molar-refractivity contribution in [3.63, 3.8) is 0 Å². The van der Waals surface area contributed by atoms with Gasteiger partial charge < -0.3 is 10.4 Å². The summed E-state index contributed by atoms with van der Waals surface area (Å²) < 4.78 is 39.8. The second-order valence-electron chi connectivity index (χ2n) is 4.96. The molecule has 122 valence electrons. The summed E-state index contributed by atoms with van der Waals surface area (Å²) >= 11 is 0. The average molecular weight is 317 g/mol. The fraction of sp³-hybridized carbons (Fsp3) is 0.467. The molecule has 1 amide bonds. The van der Waals surface area contributed by atoms with Crippen LogP contribution in [0.3, 0.4) is 0 Å². The van der Waals surface area contributed by atoms with Crippen molar-refractivity contribution in [2.24, 2.45) is 0 Å². The van der Waals surface area contributed by atoms with Crippen molar-refractivity contribution < 1.29 is 27.9 Å². The number of halogens is 3. The molecule has 0 saturated heterocycles. The van der Waals surface area contributed by atoms with Gasteiger partial charge in [-0.1, -0.05) is 32.6 Å². The molecule has 1 aromatic rings. The number of unbranched alkanes of at least 4 members (excludes halogenated alkanes) is 3. The van der Waals surface area contributed by atoms with E-state index < -0.39 is 40.9 Å². The topological polar surface area (TPSA) is 66.4 Å². The van der Waals surface area contributed by atoms with Crippen LogP contribution in [0.1, 0.15) is 49.4 Å². The zero-order valence-corrected chi connectivity index (χ0v) is 12.2. The van der Waals surface area contributed by atoms with E-state index in [1.807, 2.05) is 6.92 Å². The number of carboxylic acids is 1. The Hall–Kier alpha value is -2.05. The maximum atomic E-state index is 13.5. The summed E-state index contributed by atoms with van der Waals surface area (Å²) in [6, 6.07) is -0.502. The van der Waals surface area contributed by atoms with Gasteiger partial charge in [-0.3, -0.25) is 4.79 Å². The Kier molecular flexibility index (Phi) is 6.88. The Morgan fingerprint density at radius 3 is 2.23 bits per heavy atom. The molecule has 0 bridgehead atoms. The Labute approximate surface area is 126 Å². The van der Waals surface area contributed by atoms with E-state index in [-0.39, 0.29) is 6.42 Å². The van der Waals surface area contributed by atoms with E-state index in [4.69, 9.17) is 5.11 Å². The summed E-state index contributed by atoms with van der Waals surface area (Å²) in [5.74, 6) is -6.39. The largest absolute Gasteiger partial charge is 0.480 e. The lowest BCUT2D eigenvalue weighted by Gasteiger charge is -2.15. The van der Waals surface area contributed by atoms with Gasteiger partial charge in [-0.15, -0.1) is 0 Å². The first kappa shape index (κ1) is 18.0. The third-order valence-corrected chi connectivity index (χ3v) is 3.18. The maximum absolute atomic E-state index is 13.5. The monoisotopic (exact) mass is 317 g/mol. The predicted molar refractivity (Wildman–Crippen MR) is 74.0 cm³/mol. The fourth-order valence-electron chi connectivity index (χ4n) is 2.02. The minimum atomic E-state index is -1.37. The summed E-state index contributed by atoms with van der Waals surface area (Å²) in [4.78, 5) is 22.9. The number of carboxylic acid groups (broad SMARTS) is 1. The Morgan fingerprint density at radius 1 is 1.14 bits per heavy atom. The third kappa shape index (κ3) is 5.05. The van der Waals surface area contributed by atoms with Crippen molar-refractivity contribution in [3.05, 3.63) is 35.1 Å². The minimum absolute atomic E-state index is 0.158. The van der Waals surface area contributed by atoms with Crippen LogP contribution in [0.15, 0.2) is 12.1 Å². The van der Waals surface area contributed by atoms with E-state index >= 15 is 0 Å². The molecule has 7 heteroatoms. The van der Waals surface area contributed by atoms with Crippen LogP contribution in [0.2, 0.25) is 0 Å². The Morgan fingerprint density at radius 2 is 1.73 bits per heavy atom. The molecule has 22 heavy (non-hydrogen) atoms. The summed E-state index contributed by atoms with van der Waals surface area (Å²) in [7, 11) is 0. The van der Waals surface area contributed by atoms with Crippen molar-refractivity contribution in [1.29, 1.82) is 0 Å². The minimum Gasteiger partial charge on any atom is -0.480 e. The molecule has 0 unspecified atom stereocenters. The predicted octanol–water partition coefficient (Wildman–Crippen LogP) is 3.26. The van der Waals surface area contributed by atoms with Crippen molar-refractivity contribution in [3.8, 4) is 0 Å². The molecule has 1 atom stereocenters. The highest BCUT2D eigenvalue weighted by Gasteiger charge is 2.24. The molecular weight excluding hydrogens is 299 g/mol. The highest BCUT2D eigenvalue weighted by Crippen LogP contribution is 2.15. The first-order chi connectivity index (χ1) is 10.4. The second kappa shape index (κ2) is 8.41. The second-order valence-corrected chi connectivity index (χ2v) is 4.96. The first-order valence-electron chi connectivity index (χ1n) is 7.05. The Balaban J connectivity index is 2.77.